The molecule has 0 unspecified atom stereocenters. The zero-order valence-corrected chi connectivity index (χ0v) is 12.5. The predicted molar refractivity (Wildman–Crippen MR) is 81.3 cm³/mol. The highest BCUT2D eigenvalue weighted by atomic mass is 35.5. The van der Waals surface area contributed by atoms with Crippen LogP contribution >= 0.6 is 34.5 Å². The molecule has 0 aliphatic rings. The van der Waals surface area contributed by atoms with Gasteiger partial charge in [0.2, 0.25) is 0 Å². The van der Waals surface area contributed by atoms with E-state index in [-0.39, 0.29) is 0 Å². The van der Waals surface area contributed by atoms with Gasteiger partial charge in [0.05, 0.1) is 10.6 Å². The number of thiophene rings is 1. The van der Waals surface area contributed by atoms with Crippen molar-refractivity contribution >= 4 is 39.5 Å². The van der Waals surface area contributed by atoms with Gasteiger partial charge in [-0.25, -0.2) is 0 Å². The molecule has 0 aliphatic heterocycles. The summed E-state index contributed by atoms with van der Waals surface area (Å²) in [7, 11) is 0. The number of nitrogens with two attached hydrogens (primary N) is 1. The Labute approximate surface area is 129 Å². The van der Waals surface area contributed by atoms with Crippen molar-refractivity contribution in [3.05, 3.63) is 51.1 Å². The standard InChI is InChI=1S/C13H9Cl2N3OS/c14-8-2-1-7(10(15)6-8)5-11-17-13(19-18-11)9-3-4-20-12(9)16/h1-4,6H,5,16H2. The maximum atomic E-state index is 6.12. The van der Waals surface area contributed by atoms with Gasteiger partial charge in [0, 0.05) is 16.5 Å². The lowest BCUT2D eigenvalue weighted by molar-refractivity contribution is 0.424. The van der Waals surface area contributed by atoms with E-state index in [0.29, 0.717) is 33.2 Å². The fourth-order valence-electron chi connectivity index (χ4n) is 1.77. The summed E-state index contributed by atoms with van der Waals surface area (Å²) >= 11 is 13.4. The van der Waals surface area contributed by atoms with E-state index in [1.165, 1.54) is 11.3 Å². The second-order valence-corrected chi connectivity index (χ2v) is 5.92. The van der Waals surface area contributed by atoms with Crippen LogP contribution in [0.2, 0.25) is 10.0 Å². The second kappa shape index (κ2) is 5.44. The van der Waals surface area contributed by atoms with Gasteiger partial charge in [0.25, 0.3) is 5.89 Å². The third-order valence-corrected chi connectivity index (χ3v) is 4.09. The molecule has 4 nitrogen and oxygen atoms in total. The van der Waals surface area contributed by atoms with Gasteiger partial charge in [-0.2, -0.15) is 4.98 Å². The Kier molecular flexibility index (Phi) is 3.65. The first-order valence-electron chi connectivity index (χ1n) is 5.73. The van der Waals surface area contributed by atoms with E-state index >= 15 is 0 Å². The molecule has 0 fully saturated rings. The largest absolute Gasteiger partial charge is 0.390 e. The van der Waals surface area contributed by atoms with Crippen LogP contribution < -0.4 is 5.73 Å². The Hall–Kier alpha value is -1.56. The molecule has 1 aromatic carbocycles. The SMILES string of the molecule is Nc1sccc1-c1nc(Cc2ccc(Cl)cc2Cl)no1. The van der Waals surface area contributed by atoms with Gasteiger partial charge in [-0.15, -0.1) is 11.3 Å². The van der Waals surface area contributed by atoms with Crippen molar-refractivity contribution < 1.29 is 4.52 Å². The number of nitrogen functional groups attached to an aromatic ring is 1. The summed E-state index contributed by atoms with van der Waals surface area (Å²) in [5.41, 5.74) is 7.48. The molecule has 20 heavy (non-hydrogen) atoms. The van der Waals surface area contributed by atoms with Gasteiger partial charge in [-0.3, -0.25) is 0 Å². The maximum Gasteiger partial charge on any atom is 0.260 e. The van der Waals surface area contributed by atoms with Crippen molar-refractivity contribution in [1.29, 1.82) is 0 Å². The number of hydrogen-bond donors (Lipinski definition) is 1. The molecular weight excluding hydrogens is 317 g/mol. The second-order valence-electron chi connectivity index (χ2n) is 4.13. The molecule has 2 aromatic heterocycles. The average Bonchev–Trinajstić information content (AvgIpc) is 3.01. The average molecular weight is 326 g/mol. The molecule has 2 N–H and O–H groups in total. The van der Waals surface area contributed by atoms with Crippen molar-refractivity contribution in [2.45, 2.75) is 6.42 Å². The number of halogens is 2. The quantitative estimate of drug-likeness (QED) is 0.780. The third-order valence-electron chi connectivity index (χ3n) is 2.76. The molecule has 2 heterocycles. The van der Waals surface area contributed by atoms with Gasteiger partial charge in [0.1, 0.15) is 0 Å². The smallest absolute Gasteiger partial charge is 0.260 e. The van der Waals surface area contributed by atoms with E-state index < -0.39 is 0 Å². The number of benzene rings is 1. The first-order valence-corrected chi connectivity index (χ1v) is 7.37. The molecule has 7 heteroatoms. The molecule has 0 amide bonds. The molecule has 0 aliphatic carbocycles. The summed E-state index contributed by atoms with van der Waals surface area (Å²) < 4.78 is 5.22. The first kappa shape index (κ1) is 13.4. The van der Waals surface area contributed by atoms with E-state index in [4.69, 9.17) is 33.5 Å². The number of nitrogens with zero attached hydrogens (tertiary/aromatic N) is 2. The van der Waals surface area contributed by atoms with E-state index in [1.54, 1.807) is 12.1 Å². The predicted octanol–water partition coefficient (Wildman–Crippen LogP) is 4.28. The lowest BCUT2D eigenvalue weighted by Crippen LogP contribution is -1.92. The monoisotopic (exact) mass is 325 g/mol. The fraction of sp³-hybridized carbons (Fsp3) is 0.0769. The lowest BCUT2D eigenvalue weighted by atomic mass is 10.1. The minimum atomic E-state index is 0.420. The molecule has 0 atom stereocenters. The Morgan fingerprint density at radius 2 is 2.10 bits per heavy atom. The van der Waals surface area contributed by atoms with Crippen LogP contribution in [0.3, 0.4) is 0 Å². The minimum absolute atomic E-state index is 0.420. The fourth-order valence-corrected chi connectivity index (χ4v) is 2.88. The number of hydrogen-bond acceptors (Lipinski definition) is 5. The van der Waals surface area contributed by atoms with Crippen LogP contribution in [-0.2, 0) is 6.42 Å². The molecule has 0 bridgehead atoms. The molecule has 102 valence electrons. The molecule has 3 aromatic rings. The molecule has 0 spiro atoms. The first-order chi connectivity index (χ1) is 9.63. The van der Waals surface area contributed by atoms with Crippen molar-refractivity contribution in [3.63, 3.8) is 0 Å². The molecular formula is C13H9Cl2N3OS. The number of rotatable bonds is 3. The highest BCUT2D eigenvalue weighted by molar-refractivity contribution is 7.14. The molecule has 0 radical (unpaired) electrons. The van der Waals surface area contributed by atoms with Crippen LogP contribution in [0.1, 0.15) is 11.4 Å². The van der Waals surface area contributed by atoms with Crippen LogP contribution in [-0.4, -0.2) is 10.1 Å². The maximum absolute atomic E-state index is 6.12. The van der Waals surface area contributed by atoms with Crippen LogP contribution in [0.15, 0.2) is 34.2 Å². The van der Waals surface area contributed by atoms with Crippen LogP contribution in [0, 0.1) is 0 Å². The summed E-state index contributed by atoms with van der Waals surface area (Å²) in [4.78, 5) is 4.33. The minimum Gasteiger partial charge on any atom is -0.390 e. The van der Waals surface area contributed by atoms with Crippen LogP contribution in [0.25, 0.3) is 11.5 Å². The highest BCUT2D eigenvalue weighted by Crippen LogP contribution is 2.29. The summed E-state index contributed by atoms with van der Waals surface area (Å²) in [5, 5.41) is 7.66. The van der Waals surface area contributed by atoms with E-state index in [0.717, 1.165) is 11.1 Å². The Morgan fingerprint density at radius 1 is 1.25 bits per heavy atom. The normalized spacial score (nSPS) is 10.9. The van der Waals surface area contributed by atoms with E-state index in [2.05, 4.69) is 10.1 Å². The van der Waals surface area contributed by atoms with Crippen molar-refractivity contribution in [1.82, 2.24) is 10.1 Å². The molecule has 0 saturated heterocycles. The van der Waals surface area contributed by atoms with Crippen LogP contribution in [0.4, 0.5) is 5.00 Å². The van der Waals surface area contributed by atoms with Crippen molar-refractivity contribution in [2.75, 3.05) is 5.73 Å². The van der Waals surface area contributed by atoms with Crippen LogP contribution in [0.5, 0.6) is 0 Å². The Morgan fingerprint density at radius 3 is 2.80 bits per heavy atom. The van der Waals surface area contributed by atoms with Gasteiger partial charge in [-0.05, 0) is 29.1 Å². The van der Waals surface area contributed by atoms with Crippen molar-refractivity contribution in [3.8, 4) is 11.5 Å². The van der Waals surface area contributed by atoms with Gasteiger partial charge >= 0.3 is 0 Å². The lowest BCUT2D eigenvalue weighted by Gasteiger charge is -2.00. The zero-order chi connectivity index (χ0) is 14.1. The Bertz CT molecular complexity index is 754. The third kappa shape index (κ3) is 2.65. The number of anilines is 1. The summed E-state index contributed by atoms with van der Waals surface area (Å²) in [6.45, 7) is 0. The zero-order valence-electron chi connectivity index (χ0n) is 10.1. The molecule has 0 saturated carbocycles. The van der Waals surface area contributed by atoms with Gasteiger partial charge in [-0.1, -0.05) is 34.4 Å². The van der Waals surface area contributed by atoms with Gasteiger partial charge in [0.15, 0.2) is 5.82 Å². The number of aromatic nitrogens is 2. The topological polar surface area (TPSA) is 64.9 Å². The summed E-state index contributed by atoms with van der Waals surface area (Å²) in [6.07, 6.45) is 0.476. The van der Waals surface area contributed by atoms with Crippen molar-refractivity contribution in [2.24, 2.45) is 0 Å². The Balaban J connectivity index is 1.86. The molecule has 3 rings (SSSR count). The summed E-state index contributed by atoms with van der Waals surface area (Å²) in [6, 6.07) is 7.17. The van der Waals surface area contributed by atoms with E-state index in [9.17, 15) is 0 Å². The summed E-state index contributed by atoms with van der Waals surface area (Å²) in [5.74, 6) is 0.971. The van der Waals surface area contributed by atoms with E-state index in [1.807, 2.05) is 17.5 Å². The highest BCUT2D eigenvalue weighted by Gasteiger charge is 2.13. The van der Waals surface area contributed by atoms with Gasteiger partial charge < -0.3 is 10.3 Å².